The van der Waals surface area contributed by atoms with Crippen molar-refractivity contribution in [3.05, 3.63) is 35.4 Å². The number of carbonyl (C=O) groups is 2. The first-order valence-electron chi connectivity index (χ1n) is 6.37. The minimum absolute atomic E-state index is 0.0279. The number of likely N-dealkylation sites (tertiary alicyclic amines) is 1. The fraction of sp³-hybridized carbons (Fsp3) is 0.429. The van der Waals surface area contributed by atoms with E-state index in [0.29, 0.717) is 25.1 Å². The Hall–Kier alpha value is -1.88. The van der Waals surface area contributed by atoms with Crippen molar-refractivity contribution in [2.24, 2.45) is 0 Å². The molecule has 0 bridgehead atoms. The molecular formula is C14H18N2O3. The number of amides is 2. The van der Waals surface area contributed by atoms with Crippen LogP contribution in [0.2, 0.25) is 0 Å². The fourth-order valence-corrected chi connectivity index (χ4v) is 2.16. The normalized spacial score (nSPS) is 18.4. The number of hydrogen-bond donors (Lipinski definition) is 2. The van der Waals surface area contributed by atoms with Crippen LogP contribution in [-0.2, 0) is 4.79 Å². The number of benzene rings is 1. The second-order valence-corrected chi connectivity index (χ2v) is 4.78. The summed E-state index contributed by atoms with van der Waals surface area (Å²) in [5.41, 5.74) is 1.46. The first kappa shape index (κ1) is 13.5. The summed E-state index contributed by atoms with van der Waals surface area (Å²) in [4.78, 5) is 25.3. The third-order valence-electron chi connectivity index (χ3n) is 3.31. The van der Waals surface area contributed by atoms with Crippen molar-refractivity contribution in [1.29, 1.82) is 0 Å². The molecule has 19 heavy (non-hydrogen) atoms. The lowest BCUT2D eigenvalue weighted by Gasteiger charge is -2.16. The Morgan fingerprint density at radius 1 is 1.42 bits per heavy atom. The monoisotopic (exact) mass is 262 g/mol. The Kier molecular flexibility index (Phi) is 4.16. The molecule has 2 rings (SSSR count). The van der Waals surface area contributed by atoms with Gasteiger partial charge in [-0.05, 0) is 25.0 Å². The summed E-state index contributed by atoms with van der Waals surface area (Å²) in [6.07, 6.45) is 0.174. The molecule has 1 aromatic carbocycles. The van der Waals surface area contributed by atoms with Crippen molar-refractivity contribution in [1.82, 2.24) is 10.2 Å². The van der Waals surface area contributed by atoms with Gasteiger partial charge >= 0.3 is 0 Å². The van der Waals surface area contributed by atoms with Crippen molar-refractivity contribution in [2.45, 2.75) is 19.4 Å². The van der Waals surface area contributed by atoms with E-state index in [1.807, 2.05) is 19.1 Å². The number of nitrogens with one attached hydrogen (secondary N) is 1. The third kappa shape index (κ3) is 3.32. The van der Waals surface area contributed by atoms with E-state index in [1.165, 1.54) is 0 Å². The summed E-state index contributed by atoms with van der Waals surface area (Å²) < 4.78 is 0. The minimum Gasteiger partial charge on any atom is -0.391 e. The van der Waals surface area contributed by atoms with Crippen LogP contribution in [0.25, 0.3) is 0 Å². The van der Waals surface area contributed by atoms with E-state index in [2.05, 4.69) is 5.32 Å². The Labute approximate surface area is 112 Å². The van der Waals surface area contributed by atoms with Crippen LogP contribution >= 0.6 is 0 Å². The van der Waals surface area contributed by atoms with Crippen LogP contribution in [0.4, 0.5) is 0 Å². The minimum atomic E-state index is -0.434. The maximum atomic E-state index is 11.9. The first-order valence-corrected chi connectivity index (χ1v) is 6.37. The van der Waals surface area contributed by atoms with Crippen LogP contribution in [-0.4, -0.2) is 47.6 Å². The van der Waals surface area contributed by atoms with Crippen molar-refractivity contribution in [3.63, 3.8) is 0 Å². The van der Waals surface area contributed by atoms with Gasteiger partial charge in [-0.15, -0.1) is 0 Å². The van der Waals surface area contributed by atoms with E-state index in [-0.39, 0.29) is 18.4 Å². The van der Waals surface area contributed by atoms with Gasteiger partial charge in [-0.2, -0.15) is 0 Å². The fourth-order valence-electron chi connectivity index (χ4n) is 2.16. The lowest BCUT2D eigenvalue weighted by Crippen LogP contribution is -2.39. The number of aryl methyl sites for hydroxylation is 1. The largest absolute Gasteiger partial charge is 0.391 e. The first-order chi connectivity index (χ1) is 9.08. The number of aliphatic hydroxyl groups is 1. The molecule has 0 unspecified atom stereocenters. The van der Waals surface area contributed by atoms with Crippen molar-refractivity contribution in [3.8, 4) is 0 Å². The van der Waals surface area contributed by atoms with E-state index in [4.69, 9.17) is 0 Å². The predicted octanol–water partition coefficient (Wildman–Crippen LogP) is 0.318. The third-order valence-corrected chi connectivity index (χ3v) is 3.31. The number of carbonyl (C=O) groups excluding carboxylic acids is 2. The number of β-amino-alcohol motifs (C(OH)–C–C–N with tert-alkyl or cyclic N) is 1. The van der Waals surface area contributed by atoms with E-state index >= 15 is 0 Å². The lowest BCUT2D eigenvalue weighted by atomic mass is 10.1. The average Bonchev–Trinajstić information content (AvgIpc) is 2.83. The Morgan fingerprint density at radius 3 is 2.79 bits per heavy atom. The van der Waals surface area contributed by atoms with Crippen LogP contribution in [0, 0.1) is 6.92 Å². The Bertz CT molecular complexity index is 487. The molecule has 1 aromatic rings. The zero-order chi connectivity index (χ0) is 13.8. The highest BCUT2D eigenvalue weighted by Crippen LogP contribution is 2.09. The highest BCUT2D eigenvalue weighted by Gasteiger charge is 2.24. The van der Waals surface area contributed by atoms with E-state index in [1.54, 1.807) is 17.0 Å². The van der Waals surface area contributed by atoms with Crippen LogP contribution in [0.15, 0.2) is 24.3 Å². The predicted molar refractivity (Wildman–Crippen MR) is 70.7 cm³/mol. The number of nitrogens with zero attached hydrogens (tertiary/aromatic N) is 1. The second kappa shape index (κ2) is 5.84. The maximum absolute atomic E-state index is 11.9. The topological polar surface area (TPSA) is 69.6 Å². The SMILES string of the molecule is Cc1ccccc1C(=O)NCC(=O)N1CC[C@@H](O)C1. The zero-order valence-corrected chi connectivity index (χ0v) is 10.9. The summed E-state index contributed by atoms with van der Waals surface area (Å²) in [5, 5.41) is 12.0. The van der Waals surface area contributed by atoms with Gasteiger partial charge in [0, 0.05) is 18.7 Å². The molecule has 2 N–H and O–H groups in total. The van der Waals surface area contributed by atoms with Gasteiger partial charge in [-0.25, -0.2) is 0 Å². The van der Waals surface area contributed by atoms with Crippen molar-refractivity contribution >= 4 is 11.8 Å². The summed E-state index contributed by atoms with van der Waals surface area (Å²) in [6.45, 7) is 2.74. The highest BCUT2D eigenvalue weighted by molar-refractivity contribution is 5.97. The average molecular weight is 262 g/mol. The number of aliphatic hydroxyl groups excluding tert-OH is 1. The molecule has 2 amide bonds. The van der Waals surface area contributed by atoms with E-state index in [0.717, 1.165) is 5.56 Å². The van der Waals surface area contributed by atoms with Gasteiger partial charge in [-0.1, -0.05) is 18.2 Å². The molecule has 5 heteroatoms. The second-order valence-electron chi connectivity index (χ2n) is 4.78. The molecule has 1 atom stereocenters. The Balaban J connectivity index is 1.87. The zero-order valence-electron chi connectivity index (χ0n) is 10.9. The van der Waals surface area contributed by atoms with E-state index in [9.17, 15) is 14.7 Å². The smallest absolute Gasteiger partial charge is 0.251 e. The van der Waals surface area contributed by atoms with Gasteiger partial charge in [0.1, 0.15) is 0 Å². The Morgan fingerprint density at radius 2 is 2.16 bits per heavy atom. The molecule has 1 aliphatic rings. The highest BCUT2D eigenvalue weighted by atomic mass is 16.3. The molecule has 1 aliphatic heterocycles. The lowest BCUT2D eigenvalue weighted by molar-refractivity contribution is -0.129. The molecule has 0 saturated carbocycles. The quantitative estimate of drug-likeness (QED) is 0.824. The van der Waals surface area contributed by atoms with Gasteiger partial charge in [-0.3, -0.25) is 9.59 Å². The van der Waals surface area contributed by atoms with Gasteiger partial charge in [0.25, 0.3) is 5.91 Å². The van der Waals surface area contributed by atoms with Crippen LogP contribution in [0.3, 0.4) is 0 Å². The molecule has 1 heterocycles. The molecule has 1 fully saturated rings. The van der Waals surface area contributed by atoms with Crippen LogP contribution in [0.1, 0.15) is 22.3 Å². The molecule has 0 spiro atoms. The molecule has 0 aromatic heterocycles. The van der Waals surface area contributed by atoms with Crippen LogP contribution < -0.4 is 5.32 Å². The van der Waals surface area contributed by atoms with Crippen molar-refractivity contribution < 1.29 is 14.7 Å². The summed E-state index contributed by atoms with van der Waals surface area (Å²) in [7, 11) is 0. The number of rotatable bonds is 3. The molecule has 1 saturated heterocycles. The van der Waals surface area contributed by atoms with Gasteiger partial charge < -0.3 is 15.3 Å². The molecule has 102 valence electrons. The van der Waals surface area contributed by atoms with Crippen molar-refractivity contribution in [2.75, 3.05) is 19.6 Å². The molecule has 5 nitrogen and oxygen atoms in total. The maximum Gasteiger partial charge on any atom is 0.251 e. The molecular weight excluding hydrogens is 244 g/mol. The van der Waals surface area contributed by atoms with Gasteiger partial charge in [0.15, 0.2) is 0 Å². The number of hydrogen-bond acceptors (Lipinski definition) is 3. The van der Waals surface area contributed by atoms with E-state index < -0.39 is 6.10 Å². The van der Waals surface area contributed by atoms with Crippen LogP contribution in [0.5, 0.6) is 0 Å². The standard InChI is InChI=1S/C14H18N2O3/c1-10-4-2-3-5-12(10)14(19)15-8-13(18)16-7-6-11(17)9-16/h2-5,11,17H,6-9H2,1H3,(H,15,19)/t11-/m1/s1. The summed E-state index contributed by atoms with van der Waals surface area (Å²) in [5.74, 6) is -0.398. The summed E-state index contributed by atoms with van der Waals surface area (Å²) >= 11 is 0. The van der Waals surface area contributed by atoms with Gasteiger partial charge in [0.05, 0.1) is 12.6 Å². The van der Waals surface area contributed by atoms with Gasteiger partial charge in [0.2, 0.25) is 5.91 Å². The molecule has 0 radical (unpaired) electrons. The summed E-state index contributed by atoms with van der Waals surface area (Å²) in [6, 6.07) is 7.24. The molecule has 0 aliphatic carbocycles.